The summed E-state index contributed by atoms with van der Waals surface area (Å²) in [6.07, 6.45) is 0. The Balaban J connectivity index is 2.16. The van der Waals surface area contributed by atoms with Crippen molar-refractivity contribution in [2.24, 2.45) is 0 Å². The number of aryl methyl sites for hydroxylation is 1. The number of rotatable bonds is 4. The fourth-order valence-electron chi connectivity index (χ4n) is 1.59. The van der Waals surface area contributed by atoms with Gasteiger partial charge >= 0.3 is 0 Å². The summed E-state index contributed by atoms with van der Waals surface area (Å²) in [5, 5.41) is 10.9. The van der Waals surface area contributed by atoms with E-state index in [1.54, 1.807) is 24.3 Å². The van der Waals surface area contributed by atoms with E-state index in [9.17, 15) is 10.1 Å². The van der Waals surface area contributed by atoms with Crippen molar-refractivity contribution in [3.05, 3.63) is 52.0 Å². The Hall–Kier alpha value is -2.15. The first-order valence-electron chi connectivity index (χ1n) is 5.52. The molecule has 1 aromatic carbocycles. The molecule has 0 amide bonds. The van der Waals surface area contributed by atoms with Gasteiger partial charge in [0, 0.05) is 17.8 Å². The molecule has 7 heteroatoms. The van der Waals surface area contributed by atoms with Crippen LogP contribution in [0.3, 0.4) is 0 Å². The van der Waals surface area contributed by atoms with Crippen molar-refractivity contribution in [1.82, 2.24) is 9.97 Å². The average Bonchev–Trinajstić information content (AvgIpc) is 2.35. The number of aromatic nitrogens is 2. The predicted molar refractivity (Wildman–Crippen MR) is 73.8 cm³/mol. The van der Waals surface area contributed by atoms with Gasteiger partial charge in [0.15, 0.2) is 0 Å². The van der Waals surface area contributed by atoms with Gasteiger partial charge in [0.25, 0.3) is 5.69 Å². The van der Waals surface area contributed by atoms with Crippen LogP contribution in [0.4, 0.5) is 11.5 Å². The number of para-hydroxylation sites is 1. The van der Waals surface area contributed by atoms with E-state index in [-0.39, 0.29) is 5.69 Å². The third kappa shape index (κ3) is 3.41. The number of nitrogen functional groups attached to an aromatic ring is 1. The van der Waals surface area contributed by atoms with Crippen LogP contribution in [-0.2, 0) is 5.75 Å². The van der Waals surface area contributed by atoms with Gasteiger partial charge in [0.1, 0.15) is 11.6 Å². The van der Waals surface area contributed by atoms with Gasteiger partial charge < -0.3 is 5.73 Å². The van der Waals surface area contributed by atoms with Crippen LogP contribution in [0.15, 0.2) is 35.2 Å². The molecule has 0 bridgehead atoms. The van der Waals surface area contributed by atoms with Crippen molar-refractivity contribution >= 4 is 23.3 Å². The molecular weight excluding hydrogens is 264 g/mol. The van der Waals surface area contributed by atoms with Gasteiger partial charge in [-0.25, -0.2) is 9.97 Å². The summed E-state index contributed by atoms with van der Waals surface area (Å²) in [7, 11) is 0. The Bertz CT molecular complexity index is 598. The highest BCUT2D eigenvalue weighted by atomic mass is 32.2. The number of benzene rings is 1. The van der Waals surface area contributed by atoms with Crippen molar-refractivity contribution in [3.8, 4) is 0 Å². The Morgan fingerprint density at radius 1 is 1.37 bits per heavy atom. The summed E-state index contributed by atoms with van der Waals surface area (Å²) in [6, 6.07) is 8.28. The summed E-state index contributed by atoms with van der Waals surface area (Å²) >= 11 is 1.32. The molecule has 0 radical (unpaired) electrons. The number of thioether (sulfide) groups is 1. The van der Waals surface area contributed by atoms with Crippen LogP contribution >= 0.6 is 11.8 Å². The molecule has 0 fully saturated rings. The molecule has 0 saturated heterocycles. The molecule has 0 atom stereocenters. The minimum atomic E-state index is -0.395. The zero-order chi connectivity index (χ0) is 13.8. The fraction of sp³-hybridized carbons (Fsp3) is 0.167. The molecule has 0 aliphatic carbocycles. The topological polar surface area (TPSA) is 94.9 Å². The van der Waals surface area contributed by atoms with Gasteiger partial charge in [0.2, 0.25) is 0 Å². The third-order valence-electron chi connectivity index (χ3n) is 2.34. The van der Waals surface area contributed by atoms with Crippen molar-refractivity contribution in [2.75, 3.05) is 5.73 Å². The molecular formula is C12H12N4O2S. The molecule has 0 aliphatic heterocycles. The number of nitrogens with two attached hydrogens (primary N) is 1. The summed E-state index contributed by atoms with van der Waals surface area (Å²) in [6.45, 7) is 1.83. The summed E-state index contributed by atoms with van der Waals surface area (Å²) in [4.78, 5) is 19.4. The molecule has 2 N–H and O–H groups in total. The Morgan fingerprint density at radius 3 is 2.79 bits per heavy atom. The lowest BCUT2D eigenvalue weighted by Gasteiger charge is -2.04. The van der Waals surface area contributed by atoms with Crippen LogP contribution in [0, 0.1) is 17.0 Å². The molecule has 0 saturated carbocycles. The predicted octanol–water partition coefficient (Wildman–Crippen LogP) is 2.57. The molecule has 1 heterocycles. The lowest BCUT2D eigenvalue weighted by atomic mass is 10.3. The molecule has 0 aliphatic rings. The largest absolute Gasteiger partial charge is 0.384 e. The highest BCUT2D eigenvalue weighted by Crippen LogP contribution is 2.30. The number of nitro benzene ring substituents is 1. The first-order valence-corrected chi connectivity index (χ1v) is 6.51. The van der Waals surface area contributed by atoms with Crippen molar-refractivity contribution in [2.45, 2.75) is 17.6 Å². The van der Waals surface area contributed by atoms with Gasteiger partial charge in [-0.2, -0.15) is 0 Å². The molecule has 6 nitrogen and oxygen atoms in total. The van der Waals surface area contributed by atoms with E-state index in [0.29, 0.717) is 22.3 Å². The number of hydrogen-bond acceptors (Lipinski definition) is 6. The van der Waals surface area contributed by atoms with E-state index in [1.165, 1.54) is 17.8 Å². The van der Waals surface area contributed by atoms with Crippen LogP contribution in [0.25, 0.3) is 0 Å². The second-order valence-corrected chi connectivity index (χ2v) is 4.88. The van der Waals surface area contributed by atoms with E-state index in [4.69, 9.17) is 5.73 Å². The SMILES string of the molecule is Cc1cc(N)nc(CSc2ccccc2[N+](=O)[O-])n1. The number of hydrogen-bond donors (Lipinski definition) is 1. The van der Waals surface area contributed by atoms with Gasteiger partial charge in [-0.1, -0.05) is 12.1 Å². The number of anilines is 1. The van der Waals surface area contributed by atoms with Crippen molar-refractivity contribution in [3.63, 3.8) is 0 Å². The Labute approximate surface area is 114 Å². The van der Waals surface area contributed by atoms with E-state index < -0.39 is 4.92 Å². The fourth-order valence-corrected chi connectivity index (χ4v) is 2.47. The standard InChI is InChI=1S/C12H12N4O2S/c1-8-6-11(13)15-12(14-8)7-19-10-5-3-2-4-9(10)16(17)18/h2-6H,7H2,1H3,(H2,13,14,15). The molecule has 98 valence electrons. The highest BCUT2D eigenvalue weighted by molar-refractivity contribution is 7.98. The highest BCUT2D eigenvalue weighted by Gasteiger charge is 2.13. The van der Waals surface area contributed by atoms with Gasteiger partial charge in [-0.05, 0) is 13.0 Å². The maximum atomic E-state index is 10.9. The van der Waals surface area contributed by atoms with Crippen LogP contribution in [0.5, 0.6) is 0 Å². The maximum absolute atomic E-state index is 10.9. The molecule has 2 rings (SSSR count). The lowest BCUT2D eigenvalue weighted by molar-refractivity contribution is -0.387. The molecule has 2 aromatic rings. The molecule has 0 spiro atoms. The molecule has 1 aromatic heterocycles. The monoisotopic (exact) mass is 276 g/mol. The zero-order valence-electron chi connectivity index (χ0n) is 10.2. The summed E-state index contributed by atoms with van der Waals surface area (Å²) in [5.41, 5.74) is 6.51. The number of nitrogens with zero attached hydrogens (tertiary/aromatic N) is 3. The minimum Gasteiger partial charge on any atom is -0.384 e. The third-order valence-corrected chi connectivity index (χ3v) is 3.40. The van der Waals surface area contributed by atoms with Crippen LogP contribution in [-0.4, -0.2) is 14.9 Å². The van der Waals surface area contributed by atoms with Gasteiger partial charge in [0.05, 0.1) is 15.6 Å². The van der Waals surface area contributed by atoms with Crippen LogP contribution in [0.1, 0.15) is 11.5 Å². The van der Waals surface area contributed by atoms with E-state index in [0.717, 1.165) is 5.69 Å². The zero-order valence-corrected chi connectivity index (χ0v) is 11.1. The van der Waals surface area contributed by atoms with E-state index in [1.807, 2.05) is 6.92 Å². The second kappa shape index (κ2) is 5.66. The molecule has 0 unspecified atom stereocenters. The van der Waals surface area contributed by atoms with Crippen molar-refractivity contribution < 1.29 is 4.92 Å². The quantitative estimate of drug-likeness (QED) is 0.524. The Kier molecular flexibility index (Phi) is 3.96. The smallest absolute Gasteiger partial charge is 0.282 e. The maximum Gasteiger partial charge on any atom is 0.282 e. The number of nitro groups is 1. The van der Waals surface area contributed by atoms with Gasteiger partial charge in [-0.15, -0.1) is 11.8 Å². The average molecular weight is 276 g/mol. The minimum absolute atomic E-state index is 0.0909. The first kappa shape index (κ1) is 13.3. The van der Waals surface area contributed by atoms with Gasteiger partial charge in [-0.3, -0.25) is 10.1 Å². The first-order chi connectivity index (χ1) is 9.06. The van der Waals surface area contributed by atoms with Crippen LogP contribution < -0.4 is 5.73 Å². The van der Waals surface area contributed by atoms with Crippen LogP contribution in [0.2, 0.25) is 0 Å². The normalized spacial score (nSPS) is 10.4. The Morgan fingerprint density at radius 2 is 2.11 bits per heavy atom. The van der Waals surface area contributed by atoms with E-state index in [2.05, 4.69) is 9.97 Å². The summed E-state index contributed by atoms with van der Waals surface area (Å²) < 4.78 is 0. The van der Waals surface area contributed by atoms with Crippen molar-refractivity contribution in [1.29, 1.82) is 0 Å². The summed E-state index contributed by atoms with van der Waals surface area (Å²) in [5.74, 6) is 1.42. The molecule has 19 heavy (non-hydrogen) atoms. The lowest BCUT2D eigenvalue weighted by Crippen LogP contribution is -2.00. The second-order valence-electron chi connectivity index (χ2n) is 3.86. The van der Waals surface area contributed by atoms with E-state index >= 15 is 0 Å².